The highest BCUT2D eigenvalue weighted by Gasteiger charge is 2.27. The molecule has 6 heteroatoms. The summed E-state index contributed by atoms with van der Waals surface area (Å²) in [5.74, 6) is 1.09. The second kappa shape index (κ2) is 5.64. The molecule has 6 nitrogen and oxygen atoms in total. The van der Waals surface area contributed by atoms with Crippen LogP contribution in [0.1, 0.15) is 39.5 Å². The lowest BCUT2D eigenvalue weighted by molar-refractivity contribution is -0.384. The summed E-state index contributed by atoms with van der Waals surface area (Å²) in [4.78, 5) is 14.9. The minimum absolute atomic E-state index is 0.0583. The SMILES string of the molecule is CNc1cc([N+](=O)[O-])cc(NC2CCC(C)(C)CC2)n1. The van der Waals surface area contributed by atoms with Gasteiger partial charge in [0.2, 0.25) is 0 Å². The zero-order chi connectivity index (χ0) is 14.8. The fourth-order valence-electron chi connectivity index (χ4n) is 2.58. The van der Waals surface area contributed by atoms with Crippen molar-refractivity contribution < 1.29 is 4.92 Å². The third kappa shape index (κ3) is 3.59. The summed E-state index contributed by atoms with van der Waals surface area (Å²) < 4.78 is 0. The minimum atomic E-state index is -0.391. The first-order valence-electron chi connectivity index (χ1n) is 7.00. The van der Waals surface area contributed by atoms with Crippen molar-refractivity contribution in [2.24, 2.45) is 5.41 Å². The van der Waals surface area contributed by atoms with Gasteiger partial charge in [0.05, 0.1) is 17.1 Å². The first kappa shape index (κ1) is 14.6. The molecule has 1 heterocycles. The number of hydrogen-bond donors (Lipinski definition) is 2. The van der Waals surface area contributed by atoms with E-state index in [1.54, 1.807) is 7.05 Å². The molecule has 0 saturated heterocycles. The number of pyridine rings is 1. The van der Waals surface area contributed by atoms with Crippen LogP contribution in [-0.4, -0.2) is 23.0 Å². The summed E-state index contributed by atoms with van der Waals surface area (Å²) in [6.07, 6.45) is 4.48. The zero-order valence-corrected chi connectivity index (χ0v) is 12.3. The monoisotopic (exact) mass is 278 g/mol. The molecule has 1 aliphatic rings. The van der Waals surface area contributed by atoms with Crippen molar-refractivity contribution in [1.82, 2.24) is 4.98 Å². The fraction of sp³-hybridized carbons (Fsp3) is 0.643. The minimum Gasteiger partial charge on any atom is -0.373 e. The average molecular weight is 278 g/mol. The average Bonchev–Trinajstić information content (AvgIpc) is 2.41. The molecule has 1 aromatic rings. The van der Waals surface area contributed by atoms with Gasteiger partial charge in [-0.3, -0.25) is 10.1 Å². The van der Waals surface area contributed by atoms with Gasteiger partial charge in [-0.2, -0.15) is 0 Å². The van der Waals surface area contributed by atoms with Gasteiger partial charge in [-0.15, -0.1) is 0 Å². The van der Waals surface area contributed by atoms with Gasteiger partial charge in [0.1, 0.15) is 11.6 Å². The van der Waals surface area contributed by atoms with Crippen LogP contribution in [-0.2, 0) is 0 Å². The molecule has 1 aromatic heterocycles. The van der Waals surface area contributed by atoms with Gasteiger partial charge in [-0.25, -0.2) is 4.98 Å². The number of anilines is 2. The molecule has 110 valence electrons. The molecule has 0 spiro atoms. The van der Waals surface area contributed by atoms with Crippen molar-refractivity contribution in [3.05, 3.63) is 22.2 Å². The van der Waals surface area contributed by atoms with Crippen LogP contribution in [0.4, 0.5) is 17.3 Å². The molecule has 0 bridgehead atoms. The Labute approximate surface area is 119 Å². The first-order valence-corrected chi connectivity index (χ1v) is 7.00. The molecule has 0 amide bonds. The second-order valence-electron chi connectivity index (χ2n) is 6.19. The molecule has 1 saturated carbocycles. The first-order chi connectivity index (χ1) is 9.39. The maximum atomic E-state index is 10.9. The summed E-state index contributed by atoms with van der Waals surface area (Å²) in [6.45, 7) is 4.57. The lowest BCUT2D eigenvalue weighted by Crippen LogP contribution is -2.30. The summed E-state index contributed by atoms with van der Waals surface area (Å²) in [7, 11) is 1.71. The smallest absolute Gasteiger partial charge is 0.276 e. The predicted octanol–water partition coefficient (Wildman–Crippen LogP) is 3.41. The van der Waals surface area contributed by atoms with Gasteiger partial charge in [0, 0.05) is 13.1 Å². The maximum absolute atomic E-state index is 10.9. The number of aromatic nitrogens is 1. The molecule has 2 rings (SSSR count). The van der Waals surface area contributed by atoms with Crippen LogP contribution in [0.2, 0.25) is 0 Å². The largest absolute Gasteiger partial charge is 0.373 e. The number of hydrogen-bond acceptors (Lipinski definition) is 5. The Hall–Kier alpha value is -1.85. The lowest BCUT2D eigenvalue weighted by atomic mass is 9.75. The van der Waals surface area contributed by atoms with Crippen LogP contribution in [0.15, 0.2) is 12.1 Å². The van der Waals surface area contributed by atoms with Crippen molar-refractivity contribution in [2.75, 3.05) is 17.7 Å². The second-order valence-corrected chi connectivity index (χ2v) is 6.19. The molecule has 0 atom stereocenters. The number of nitro groups is 1. The van der Waals surface area contributed by atoms with Gasteiger partial charge in [0.15, 0.2) is 0 Å². The van der Waals surface area contributed by atoms with Crippen LogP contribution in [0.25, 0.3) is 0 Å². The molecule has 20 heavy (non-hydrogen) atoms. The van der Waals surface area contributed by atoms with E-state index in [1.165, 1.54) is 25.0 Å². The summed E-state index contributed by atoms with van der Waals surface area (Å²) in [6, 6.07) is 3.29. The molecular weight excluding hydrogens is 256 g/mol. The summed E-state index contributed by atoms with van der Waals surface area (Å²) in [5.41, 5.74) is 0.465. The van der Waals surface area contributed by atoms with Crippen LogP contribution < -0.4 is 10.6 Å². The van der Waals surface area contributed by atoms with E-state index in [1.807, 2.05) is 0 Å². The maximum Gasteiger partial charge on any atom is 0.276 e. The van der Waals surface area contributed by atoms with Crippen LogP contribution in [0, 0.1) is 15.5 Å². The number of rotatable bonds is 4. The Morgan fingerprint density at radius 2 is 1.90 bits per heavy atom. The molecule has 0 radical (unpaired) electrons. The number of nitrogens with zero attached hydrogens (tertiary/aromatic N) is 2. The van der Waals surface area contributed by atoms with E-state index < -0.39 is 4.92 Å². The fourth-order valence-corrected chi connectivity index (χ4v) is 2.58. The molecule has 0 aliphatic heterocycles. The van der Waals surface area contributed by atoms with E-state index in [0.717, 1.165) is 12.8 Å². The zero-order valence-electron chi connectivity index (χ0n) is 12.3. The van der Waals surface area contributed by atoms with Crippen LogP contribution in [0.3, 0.4) is 0 Å². The highest BCUT2D eigenvalue weighted by Crippen LogP contribution is 2.36. The van der Waals surface area contributed by atoms with Crippen molar-refractivity contribution in [3.63, 3.8) is 0 Å². The topological polar surface area (TPSA) is 80.1 Å². The Morgan fingerprint density at radius 3 is 2.45 bits per heavy atom. The molecule has 1 fully saturated rings. The van der Waals surface area contributed by atoms with Crippen molar-refractivity contribution >= 4 is 17.3 Å². The Bertz CT molecular complexity index is 492. The predicted molar refractivity (Wildman–Crippen MR) is 80.1 cm³/mol. The molecule has 0 unspecified atom stereocenters. The van der Waals surface area contributed by atoms with E-state index >= 15 is 0 Å². The highest BCUT2D eigenvalue weighted by molar-refractivity contribution is 5.54. The van der Waals surface area contributed by atoms with Crippen LogP contribution >= 0.6 is 0 Å². The molecule has 1 aliphatic carbocycles. The van der Waals surface area contributed by atoms with Gasteiger partial charge in [0.25, 0.3) is 5.69 Å². The Morgan fingerprint density at radius 1 is 1.30 bits per heavy atom. The van der Waals surface area contributed by atoms with Crippen molar-refractivity contribution in [3.8, 4) is 0 Å². The van der Waals surface area contributed by atoms with Crippen molar-refractivity contribution in [2.45, 2.75) is 45.6 Å². The third-order valence-electron chi connectivity index (χ3n) is 3.97. The normalized spacial score (nSPS) is 18.6. The standard InChI is InChI=1S/C14H22N4O2/c1-14(2)6-4-10(5-7-14)16-13-9-11(18(19)20)8-12(15-3)17-13/h8-10H,4-7H2,1-3H3,(H2,15,16,17). The Balaban J connectivity index is 2.09. The van der Waals surface area contributed by atoms with Gasteiger partial charge in [-0.05, 0) is 31.1 Å². The Kier molecular flexibility index (Phi) is 4.11. The quantitative estimate of drug-likeness (QED) is 0.651. The summed E-state index contributed by atoms with van der Waals surface area (Å²) >= 11 is 0. The van der Waals surface area contributed by atoms with E-state index in [-0.39, 0.29) is 5.69 Å². The third-order valence-corrected chi connectivity index (χ3v) is 3.97. The van der Waals surface area contributed by atoms with Gasteiger partial charge < -0.3 is 10.6 Å². The van der Waals surface area contributed by atoms with E-state index in [9.17, 15) is 10.1 Å². The highest BCUT2D eigenvalue weighted by atomic mass is 16.6. The van der Waals surface area contributed by atoms with Gasteiger partial charge >= 0.3 is 0 Å². The lowest BCUT2D eigenvalue weighted by Gasteiger charge is -2.34. The van der Waals surface area contributed by atoms with E-state index in [4.69, 9.17) is 0 Å². The molecular formula is C14H22N4O2. The van der Waals surface area contributed by atoms with E-state index in [2.05, 4.69) is 29.5 Å². The molecule has 2 N–H and O–H groups in total. The summed E-state index contributed by atoms with van der Waals surface area (Å²) in [5, 5.41) is 17.1. The van der Waals surface area contributed by atoms with Crippen molar-refractivity contribution in [1.29, 1.82) is 0 Å². The van der Waals surface area contributed by atoms with Crippen LogP contribution in [0.5, 0.6) is 0 Å². The molecule has 0 aromatic carbocycles. The van der Waals surface area contributed by atoms with E-state index in [0.29, 0.717) is 23.1 Å². The van der Waals surface area contributed by atoms with Gasteiger partial charge in [-0.1, -0.05) is 13.8 Å². The number of nitrogens with one attached hydrogen (secondary N) is 2.